The van der Waals surface area contributed by atoms with E-state index < -0.39 is 0 Å². The number of fused-ring (bicyclic) bond motifs is 3. The second-order valence-corrected chi connectivity index (χ2v) is 6.35. The van der Waals surface area contributed by atoms with Crippen LogP contribution in [0.25, 0.3) is 0 Å². The van der Waals surface area contributed by atoms with Crippen LogP contribution >= 0.6 is 0 Å². The highest BCUT2D eigenvalue weighted by molar-refractivity contribution is 5.44. The standard InChI is InChI=1S/C19H23N3/c20-11-14-6-7-16-17(10-14)19-12-21-8-9-22(19)13-18(16)15-4-2-1-3-5-15/h1-7,10,18-19,21H,8-9,11-13,20H2/t18-,19-/m0/s1. The Bertz CT molecular complexity index is 653. The summed E-state index contributed by atoms with van der Waals surface area (Å²) in [6, 6.07) is 18.2. The van der Waals surface area contributed by atoms with E-state index >= 15 is 0 Å². The minimum absolute atomic E-state index is 0.470. The number of nitrogens with two attached hydrogens (primary N) is 1. The number of hydrogen-bond acceptors (Lipinski definition) is 3. The minimum atomic E-state index is 0.470. The predicted octanol–water partition coefficient (Wildman–Crippen LogP) is 2.24. The summed E-state index contributed by atoms with van der Waals surface area (Å²) in [7, 11) is 0. The van der Waals surface area contributed by atoms with Gasteiger partial charge in [-0.05, 0) is 22.3 Å². The number of hydrogen-bond donors (Lipinski definition) is 2. The molecule has 1 fully saturated rings. The molecule has 2 aromatic carbocycles. The fraction of sp³-hybridized carbons (Fsp3) is 0.368. The van der Waals surface area contributed by atoms with E-state index in [0.717, 1.165) is 26.2 Å². The van der Waals surface area contributed by atoms with Gasteiger partial charge in [0.1, 0.15) is 0 Å². The molecule has 3 heteroatoms. The lowest BCUT2D eigenvalue weighted by Crippen LogP contribution is -2.50. The van der Waals surface area contributed by atoms with Gasteiger partial charge in [-0.15, -0.1) is 0 Å². The van der Waals surface area contributed by atoms with Crippen molar-refractivity contribution in [3.63, 3.8) is 0 Å². The van der Waals surface area contributed by atoms with Crippen molar-refractivity contribution < 1.29 is 0 Å². The molecule has 0 spiro atoms. The van der Waals surface area contributed by atoms with Gasteiger partial charge in [0.15, 0.2) is 0 Å². The van der Waals surface area contributed by atoms with Crippen molar-refractivity contribution >= 4 is 0 Å². The van der Waals surface area contributed by atoms with Gasteiger partial charge in [-0.2, -0.15) is 0 Å². The molecular weight excluding hydrogens is 270 g/mol. The molecule has 0 bridgehead atoms. The molecule has 3 nitrogen and oxygen atoms in total. The second kappa shape index (κ2) is 5.84. The van der Waals surface area contributed by atoms with E-state index in [1.807, 2.05) is 0 Å². The smallest absolute Gasteiger partial charge is 0.0476 e. The normalized spacial score (nSPS) is 24.6. The Labute approximate surface area is 132 Å². The zero-order valence-electron chi connectivity index (χ0n) is 12.8. The van der Waals surface area contributed by atoms with E-state index in [1.54, 1.807) is 0 Å². The molecule has 2 heterocycles. The van der Waals surface area contributed by atoms with Crippen LogP contribution in [0.3, 0.4) is 0 Å². The van der Waals surface area contributed by atoms with E-state index in [9.17, 15) is 0 Å². The highest BCUT2D eigenvalue weighted by Crippen LogP contribution is 2.40. The third kappa shape index (κ3) is 2.35. The Morgan fingerprint density at radius 2 is 1.95 bits per heavy atom. The van der Waals surface area contributed by atoms with Gasteiger partial charge in [-0.25, -0.2) is 0 Å². The van der Waals surface area contributed by atoms with Crippen LogP contribution < -0.4 is 11.1 Å². The second-order valence-electron chi connectivity index (χ2n) is 6.35. The van der Waals surface area contributed by atoms with Crippen LogP contribution in [0.1, 0.15) is 34.2 Å². The lowest BCUT2D eigenvalue weighted by atomic mass is 9.80. The third-order valence-corrected chi connectivity index (χ3v) is 5.09. The average molecular weight is 293 g/mol. The summed E-state index contributed by atoms with van der Waals surface area (Å²) >= 11 is 0. The lowest BCUT2D eigenvalue weighted by Gasteiger charge is -2.44. The topological polar surface area (TPSA) is 41.3 Å². The van der Waals surface area contributed by atoms with E-state index in [4.69, 9.17) is 5.73 Å². The van der Waals surface area contributed by atoms with Crippen LogP contribution in [0, 0.1) is 0 Å². The maximum absolute atomic E-state index is 5.87. The summed E-state index contributed by atoms with van der Waals surface area (Å²) in [5.41, 5.74) is 11.5. The molecule has 0 unspecified atom stereocenters. The summed E-state index contributed by atoms with van der Waals surface area (Å²) in [6.07, 6.45) is 0. The molecule has 4 rings (SSSR count). The van der Waals surface area contributed by atoms with E-state index in [2.05, 4.69) is 58.7 Å². The molecule has 2 aromatic rings. The van der Waals surface area contributed by atoms with Crippen LogP contribution in [0.2, 0.25) is 0 Å². The first-order valence-corrected chi connectivity index (χ1v) is 8.19. The zero-order chi connectivity index (χ0) is 14.9. The summed E-state index contributed by atoms with van der Waals surface area (Å²) < 4.78 is 0. The van der Waals surface area contributed by atoms with Crippen molar-refractivity contribution in [3.8, 4) is 0 Å². The molecule has 114 valence electrons. The van der Waals surface area contributed by atoms with Gasteiger partial charge in [-0.3, -0.25) is 4.90 Å². The van der Waals surface area contributed by atoms with Gasteiger partial charge in [0.2, 0.25) is 0 Å². The van der Waals surface area contributed by atoms with Crippen molar-refractivity contribution in [2.45, 2.75) is 18.5 Å². The highest BCUT2D eigenvalue weighted by Gasteiger charge is 2.35. The molecular formula is C19H23N3. The SMILES string of the molecule is NCc1ccc2c(c1)[C@@H]1CNCCN1C[C@H]2c1ccccc1. The molecule has 0 aromatic heterocycles. The number of nitrogens with one attached hydrogen (secondary N) is 1. The zero-order valence-corrected chi connectivity index (χ0v) is 12.8. The molecule has 2 aliphatic heterocycles. The van der Waals surface area contributed by atoms with Crippen molar-refractivity contribution in [1.82, 2.24) is 10.2 Å². The van der Waals surface area contributed by atoms with Gasteiger partial charge in [0.05, 0.1) is 0 Å². The van der Waals surface area contributed by atoms with Crippen LogP contribution in [0.5, 0.6) is 0 Å². The average Bonchev–Trinajstić information content (AvgIpc) is 2.61. The Morgan fingerprint density at radius 1 is 1.09 bits per heavy atom. The Hall–Kier alpha value is -1.68. The fourth-order valence-corrected chi connectivity index (χ4v) is 3.93. The molecule has 0 radical (unpaired) electrons. The molecule has 0 aliphatic carbocycles. The first kappa shape index (κ1) is 13.9. The molecule has 0 amide bonds. The summed E-state index contributed by atoms with van der Waals surface area (Å²) in [5, 5.41) is 3.54. The molecule has 3 N–H and O–H groups in total. The minimum Gasteiger partial charge on any atom is -0.326 e. The first-order chi connectivity index (χ1) is 10.9. The first-order valence-electron chi connectivity index (χ1n) is 8.19. The number of benzene rings is 2. The van der Waals surface area contributed by atoms with Crippen molar-refractivity contribution in [1.29, 1.82) is 0 Å². The molecule has 1 saturated heterocycles. The van der Waals surface area contributed by atoms with Crippen LogP contribution in [0.15, 0.2) is 48.5 Å². The largest absolute Gasteiger partial charge is 0.326 e. The van der Waals surface area contributed by atoms with Gasteiger partial charge >= 0.3 is 0 Å². The molecule has 0 saturated carbocycles. The summed E-state index contributed by atoms with van der Waals surface area (Å²) in [6.45, 7) is 4.99. The van der Waals surface area contributed by atoms with Gasteiger partial charge in [-0.1, -0.05) is 48.5 Å². The predicted molar refractivity (Wildman–Crippen MR) is 89.8 cm³/mol. The van der Waals surface area contributed by atoms with Crippen LogP contribution in [-0.2, 0) is 6.54 Å². The summed E-state index contributed by atoms with van der Waals surface area (Å²) in [4.78, 5) is 2.64. The van der Waals surface area contributed by atoms with E-state index in [1.165, 1.54) is 22.3 Å². The number of piperazine rings is 1. The van der Waals surface area contributed by atoms with Gasteiger partial charge in [0.25, 0.3) is 0 Å². The fourth-order valence-electron chi connectivity index (χ4n) is 3.93. The number of rotatable bonds is 2. The quantitative estimate of drug-likeness (QED) is 0.892. The van der Waals surface area contributed by atoms with Gasteiger partial charge in [0, 0.05) is 44.7 Å². The third-order valence-electron chi connectivity index (χ3n) is 5.09. The maximum atomic E-state index is 5.87. The van der Waals surface area contributed by atoms with E-state index in [-0.39, 0.29) is 0 Å². The molecule has 2 atom stereocenters. The number of nitrogens with zero attached hydrogens (tertiary/aromatic N) is 1. The Kier molecular flexibility index (Phi) is 3.70. The molecule has 22 heavy (non-hydrogen) atoms. The monoisotopic (exact) mass is 293 g/mol. The van der Waals surface area contributed by atoms with Crippen molar-refractivity contribution in [3.05, 3.63) is 70.8 Å². The van der Waals surface area contributed by atoms with Crippen LogP contribution in [0.4, 0.5) is 0 Å². The lowest BCUT2D eigenvalue weighted by molar-refractivity contribution is 0.143. The van der Waals surface area contributed by atoms with Crippen LogP contribution in [-0.4, -0.2) is 31.1 Å². The Balaban J connectivity index is 1.82. The highest BCUT2D eigenvalue weighted by atomic mass is 15.2. The summed E-state index contributed by atoms with van der Waals surface area (Å²) in [5.74, 6) is 0.470. The maximum Gasteiger partial charge on any atom is 0.0476 e. The molecule has 2 aliphatic rings. The van der Waals surface area contributed by atoms with Gasteiger partial charge < -0.3 is 11.1 Å². The van der Waals surface area contributed by atoms with E-state index in [0.29, 0.717) is 18.5 Å². The van der Waals surface area contributed by atoms with Crippen molar-refractivity contribution in [2.75, 3.05) is 26.2 Å². The Morgan fingerprint density at radius 3 is 2.77 bits per heavy atom. The van der Waals surface area contributed by atoms with Crippen molar-refractivity contribution in [2.24, 2.45) is 5.73 Å².